The lowest BCUT2D eigenvalue weighted by molar-refractivity contribution is -0.130. The van der Waals surface area contributed by atoms with Gasteiger partial charge in [0, 0.05) is 19.0 Å². The van der Waals surface area contributed by atoms with Crippen LogP contribution in [0.3, 0.4) is 0 Å². The normalized spacial score (nSPS) is 25.0. The third kappa shape index (κ3) is 3.18. The summed E-state index contributed by atoms with van der Waals surface area (Å²) in [6.07, 6.45) is 0.569. The predicted molar refractivity (Wildman–Crippen MR) is 99.3 cm³/mol. The van der Waals surface area contributed by atoms with Gasteiger partial charge in [0.15, 0.2) is 0 Å². The molecular weight excluding hydrogens is 341 g/mol. The summed E-state index contributed by atoms with van der Waals surface area (Å²) in [5.41, 5.74) is 2.12. The van der Waals surface area contributed by atoms with E-state index >= 15 is 0 Å². The van der Waals surface area contributed by atoms with E-state index in [2.05, 4.69) is 0 Å². The largest absolute Gasteiger partial charge is 0.336 e. The quantitative estimate of drug-likeness (QED) is 0.685. The molecule has 0 N–H and O–H groups in total. The molecule has 2 aromatic carbocycles. The molecule has 1 aliphatic rings. The molecule has 0 saturated carbocycles. The van der Waals surface area contributed by atoms with Gasteiger partial charge in [0.05, 0.1) is 5.38 Å². The lowest BCUT2D eigenvalue weighted by Crippen LogP contribution is -2.38. The fraction of sp³-hybridized carbons (Fsp3) is 0.350. The van der Waals surface area contributed by atoms with Crippen molar-refractivity contribution in [2.75, 3.05) is 6.54 Å². The fourth-order valence-electron chi connectivity index (χ4n) is 3.43. The maximum absolute atomic E-state index is 12.9. The molecule has 1 amide bonds. The Labute approximate surface area is 153 Å². The van der Waals surface area contributed by atoms with E-state index in [1.807, 2.05) is 72.5 Å². The molecule has 2 aromatic rings. The summed E-state index contributed by atoms with van der Waals surface area (Å²) in [6.45, 7) is 3.11. The van der Waals surface area contributed by atoms with Crippen LogP contribution >= 0.6 is 23.2 Å². The van der Waals surface area contributed by atoms with Gasteiger partial charge in [-0.05, 0) is 17.5 Å². The lowest BCUT2D eigenvalue weighted by atomic mass is 9.86. The monoisotopic (exact) mass is 361 g/mol. The minimum absolute atomic E-state index is 0.0119. The molecule has 1 aliphatic heterocycles. The minimum Gasteiger partial charge on any atom is -0.336 e. The molecule has 24 heavy (non-hydrogen) atoms. The predicted octanol–water partition coefficient (Wildman–Crippen LogP) is 5.01. The Morgan fingerprint density at radius 1 is 1.12 bits per heavy atom. The number of halogens is 2. The van der Waals surface area contributed by atoms with Gasteiger partial charge in [0.25, 0.3) is 0 Å². The van der Waals surface area contributed by atoms with Crippen LogP contribution in [0, 0.1) is 5.92 Å². The second kappa shape index (κ2) is 7.16. The summed E-state index contributed by atoms with van der Waals surface area (Å²) in [6, 6.07) is 19.9. The Morgan fingerprint density at radius 3 is 2.29 bits per heavy atom. The zero-order chi connectivity index (χ0) is 17.2. The second-order valence-electron chi connectivity index (χ2n) is 6.31. The summed E-state index contributed by atoms with van der Waals surface area (Å²) in [7, 11) is 0. The molecule has 0 aliphatic carbocycles. The van der Waals surface area contributed by atoms with E-state index in [1.165, 1.54) is 0 Å². The van der Waals surface area contributed by atoms with Gasteiger partial charge in [-0.25, -0.2) is 0 Å². The second-order valence-corrected chi connectivity index (χ2v) is 7.45. The molecule has 3 atom stereocenters. The summed E-state index contributed by atoms with van der Waals surface area (Å²) in [5, 5.41) is -0.284. The molecule has 0 spiro atoms. The third-order valence-corrected chi connectivity index (χ3v) is 6.11. The minimum atomic E-state index is -0.933. The Balaban J connectivity index is 1.85. The van der Waals surface area contributed by atoms with Crippen LogP contribution in [0.25, 0.3) is 0 Å². The number of benzene rings is 2. The number of rotatable bonds is 5. The standard InChI is InChI=1S/C20H21Cl2NO/c1-2-20(22)17(18(21)16-11-7-4-8-12-16)14-23(19(20)24)13-15-9-5-3-6-10-15/h3-12,17-18H,2,13-14H2,1H3/t17-,18?,20+/m0/s1. The zero-order valence-electron chi connectivity index (χ0n) is 13.7. The first kappa shape index (κ1) is 17.3. The molecular formula is C20H21Cl2NO. The van der Waals surface area contributed by atoms with Crippen LogP contribution in [0.1, 0.15) is 29.8 Å². The van der Waals surface area contributed by atoms with E-state index < -0.39 is 4.87 Å². The molecule has 4 heteroatoms. The first-order chi connectivity index (χ1) is 11.6. The average Bonchev–Trinajstić information content (AvgIpc) is 2.88. The molecule has 0 radical (unpaired) electrons. The number of likely N-dealkylation sites (tertiary alicyclic amines) is 1. The Kier molecular flexibility index (Phi) is 5.17. The van der Waals surface area contributed by atoms with Crippen molar-refractivity contribution in [3.05, 3.63) is 71.8 Å². The van der Waals surface area contributed by atoms with E-state index in [9.17, 15) is 4.79 Å². The smallest absolute Gasteiger partial charge is 0.244 e. The SMILES string of the molecule is CC[C@]1(Cl)C(=O)N(Cc2ccccc2)C[C@H]1C(Cl)c1ccccc1. The number of carbonyl (C=O) groups excluding carboxylic acids is 1. The van der Waals surface area contributed by atoms with E-state index in [1.54, 1.807) is 0 Å². The maximum atomic E-state index is 12.9. The Hall–Kier alpha value is -1.51. The number of hydrogen-bond donors (Lipinski definition) is 0. The summed E-state index contributed by atoms with van der Waals surface area (Å²) >= 11 is 13.5. The highest BCUT2D eigenvalue weighted by Crippen LogP contribution is 2.47. The summed E-state index contributed by atoms with van der Waals surface area (Å²) < 4.78 is 0. The average molecular weight is 362 g/mol. The molecule has 0 aromatic heterocycles. The van der Waals surface area contributed by atoms with E-state index in [-0.39, 0.29) is 17.2 Å². The van der Waals surface area contributed by atoms with Crippen molar-refractivity contribution >= 4 is 29.1 Å². The zero-order valence-corrected chi connectivity index (χ0v) is 15.2. The first-order valence-electron chi connectivity index (χ1n) is 8.27. The number of amides is 1. The van der Waals surface area contributed by atoms with Crippen LogP contribution in [0.5, 0.6) is 0 Å². The van der Waals surface area contributed by atoms with Gasteiger partial charge in [-0.2, -0.15) is 0 Å². The van der Waals surface area contributed by atoms with Gasteiger partial charge in [-0.15, -0.1) is 23.2 Å². The van der Waals surface area contributed by atoms with E-state index in [4.69, 9.17) is 23.2 Å². The van der Waals surface area contributed by atoms with Gasteiger partial charge in [-0.3, -0.25) is 4.79 Å². The van der Waals surface area contributed by atoms with Crippen LogP contribution in [0.15, 0.2) is 60.7 Å². The molecule has 1 fully saturated rings. The molecule has 1 unspecified atom stereocenters. The number of nitrogens with zero attached hydrogens (tertiary/aromatic N) is 1. The van der Waals surface area contributed by atoms with Gasteiger partial charge in [0.2, 0.25) is 5.91 Å². The van der Waals surface area contributed by atoms with Crippen LogP contribution in [0.4, 0.5) is 0 Å². The van der Waals surface area contributed by atoms with Crippen molar-refractivity contribution in [2.45, 2.75) is 30.1 Å². The number of alkyl halides is 2. The molecule has 2 nitrogen and oxygen atoms in total. The van der Waals surface area contributed by atoms with Gasteiger partial charge in [0.1, 0.15) is 4.87 Å². The van der Waals surface area contributed by atoms with Crippen LogP contribution in [-0.2, 0) is 11.3 Å². The Bertz CT molecular complexity index is 691. The molecule has 0 bridgehead atoms. The van der Waals surface area contributed by atoms with Crippen molar-refractivity contribution in [3.8, 4) is 0 Å². The van der Waals surface area contributed by atoms with Crippen molar-refractivity contribution in [3.63, 3.8) is 0 Å². The highest BCUT2D eigenvalue weighted by molar-refractivity contribution is 6.36. The molecule has 1 heterocycles. The molecule has 1 saturated heterocycles. The topological polar surface area (TPSA) is 20.3 Å². The van der Waals surface area contributed by atoms with Gasteiger partial charge >= 0.3 is 0 Å². The summed E-state index contributed by atoms with van der Waals surface area (Å²) in [4.78, 5) is 13.9. The van der Waals surface area contributed by atoms with Crippen LogP contribution in [0.2, 0.25) is 0 Å². The van der Waals surface area contributed by atoms with Gasteiger partial charge < -0.3 is 4.90 Å². The van der Waals surface area contributed by atoms with Crippen LogP contribution in [-0.4, -0.2) is 22.2 Å². The molecule has 3 rings (SSSR count). The fourth-order valence-corrected chi connectivity index (χ4v) is 4.25. The maximum Gasteiger partial charge on any atom is 0.244 e. The third-order valence-electron chi connectivity index (χ3n) is 4.85. The first-order valence-corrected chi connectivity index (χ1v) is 9.09. The number of carbonyl (C=O) groups is 1. The lowest BCUT2D eigenvalue weighted by Gasteiger charge is -2.28. The van der Waals surface area contributed by atoms with Crippen molar-refractivity contribution in [1.29, 1.82) is 0 Å². The summed E-state index contributed by atoms with van der Waals surface area (Å²) in [5.74, 6) is -0.133. The Morgan fingerprint density at radius 2 is 1.71 bits per heavy atom. The highest BCUT2D eigenvalue weighted by atomic mass is 35.5. The number of hydrogen-bond acceptors (Lipinski definition) is 1. The van der Waals surface area contributed by atoms with E-state index in [0.717, 1.165) is 11.1 Å². The molecule has 126 valence electrons. The van der Waals surface area contributed by atoms with Crippen molar-refractivity contribution in [2.24, 2.45) is 5.92 Å². The van der Waals surface area contributed by atoms with Crippen LogP contribution < -0.4 is 0 Å². The highest BCUT2D eigenvalue weighted by Gasteiger charge is 2.54. The van der Waals surface area contributed by atoms with Crippen molar-refractivity contribution < 1.29 is 4.79 Å². The van der Waals surface area contributed by atoms with Gasteiger partial charge in [-0.1, -0.05) is 67.6 Å². The van der Waals surface area contributed by atoms with E-state index in [0.29, 0.717) is 19.5 Å². The van der Waals surface area contributed by atoms with Crippen molar-refractivity contribution in [1.82, 2.24) is 4.90 Å².